The fourth-order valence-corrected chi connectivity index (χ4v) is 1.45. The Kier molecular flexibility index (Phi) is 4.90. The molecule has 0 heterocycles. The molecule has 0 amide bonds. The van der Waals surface area contributed by atoms with E-state index in [1.165, 1.54) is 19.2 Å². The molecule has 1 rings (SSSR count). The third-order valence-electron chi connectivity index (χ3n) is 1.45. The largest absolute Gasteiger partial charge is 1.00 e. The second kappa shape index (κ2) is 4.99. The van der Waals surface area contributed by atoms with Crippen molar-refractivity contribution in [1.29, 1.82) is 0 Å². The minimum absolute atomic E-state index is 0. The molecule has 0 aliphatic carbocycles. The first-order chi connectivity index (χ1) is 5.96. The van der Waals surface area contributed by atoms with Crippen molar-refractivity contribution < 1.29 is 52.4 Å². The molecule has 0 aliphatic heterocycles. The smallest absolute Gasteiger partial charge is 0.744 e. The maximum absolute atomic E-state index is 10.6. The normalized spacial score (nSPS) is 10.4. The summed E-state index contributed by atoms with van der Waals surface area (Å²) in [6, 6.07) is 3.67. The molecule has 1 aromatic rings. The Labute approximate surface area is 104 Å². The van der Waals surface area contributed by atoms with E-state index in [2.05, 4.69) is 4.74 Å². The number of aromatic hydroxyl groups is 1. The summed E-state index contributed by atoms with van der Waals surface area (Å²) in [7, 11) is -3.39. The summed E-state index contributed by atoms with van der Waals surface area (Å²) in [5.41, 5.74) is 0. The Hall–Kier alpha value is -0.270. The molecule has 0 unspecified atom stereocenters. The number of phenolic OH excluding ortho intramolecular Hbond substituents is 1. The van der Waals surface area contributed by atoms with E-state index in [4.69, 9.17) is 0 Å². The van der Waals surface area contributed by atoms with Gasteiger partial charge in [0.2, 0.25) is 0 Å². The minimum Gasteiger partial charge on any atom is -0.744 e. The molecule has 7 heteroatoms. The van der Waals surface area contributed by atoms with Crippen molar-refractivity contribution in [3.8, 4) is 11.5 Å². The minimum atomic E-state index is -4.65. The first kappa shape index (κ1) is 13.7. The molecule has 72 valence electrons. The summed E-state index contributed by atoms with van der Waals surface area (Å²) in [4.78, 5) is -0.674. The van der Waals surface area contributed by atoms with Crippen LogP contribution in [-0.4, -0.2) is 25.2 Å². The molecular weight excluding hydrogens is 219 g/mol. The van der Waals surface area contributed by atoms with Gasteiger partial charge in [-0.1, -0.05) is 6.07 Å². The maximum Gasteiger partial charge on any atom is 1.00 e. The van der Waals surface area contributed by atoms with E-state index in [0.717, 1.165) is 6.07 Å². The van der Waals surface area contributed by atoms with Crippen molar-refractivity contribution >= 4 is 10.1 Å². The summed E-state index contributed by atoms with van der Waals surface area (Å²) >= 11 is 0. The van der Waals surface area contributed by atoms with E-state index in [1.807, 2.05) is 0 Å². The SMILES string of the molecule is COc1cccc(S(=O)(=O)[O-])c1O.[Na+]. The van der Waals surface area contributed by atoms with Gasteiger partial charge in [-0.05, 0) is 12.1 Å². The number of benzene rings is 1. The van der Waals surface area contributed by atoms with Gasteiger partial charge in [-0.25, -0.2) is 8.42 Å². The van der Waals surface area contributed by atoms with Gasteiger partial charge in [-0.2, -0.15) is 0 Å². The van der Waals surface area contributed by atoms with Gasteiger partial charge in [0.15, 0.2) is 11.5 Å². The maximum atomic E-state index is 10.6. The molecule has 0 aliphatic rings. The fourth-order valence-electron chi connectivity index (χ4n) is 0.869. The molecule has 14 heavy (non-hydrogen) atoms. The van der Waals surface area contributed by atoms with Gasteiger partial charge >= 0.3 is 29.6 Å². The van der Waals surface area contributed by atoms with Gasteiger partial charge in [0, 0.05) is 0 Å². The molecule has 1 aromatic carbocycles. The fraction of sp³-hybridized carbons (Fsp3) is 0.143. The van der Waals surface area contributed by atoms with E-state index < -0.39 is 20.8 Å². The van der Waals surface area contributed by atoms with Crippen molar-refractivity contribution in [2.45, 2.75) is 4.90 Å². The summed E-state index contributed by atoms with van der Waals surface area (Å²) in [6.45, 7) is 0. The summed E-state index contributed by atoms with van der Waals surface area (Å²) in [6.07, 6.45) is 0. The van der Waals surface area contributed by atoms with Crippen LogP contribution in [0.2, 0.25) is 0 Å². The molecule has 0 aromatic heterocycles. The molecule has 0 spiro atoms. The zero-order chi connectivity index (χ0) is 10.1. The molecule has 0 bridgehead atoms. The monoisotopic (exact) mass is 226 g/mol. The molecule has 1 N–H and O–H groups in total. The average Bonchev–Trinajstić information content (AvgIpc) is 2.02. The quantitative estimate of drug-likeness (QED) is 0.438. The van der Waals surface area contributed by atoms with Crippen LogP contribution in [0.1, 0.15) is 0 Å². The van der Waals surface area contributed by atoms with Gasteiger partial charge in [-0.3, -0.25) is 0 Å². The van der Waals surface area contributed by atoms with Crippen LogP contribution < -0.4 is 34.3 Å². The number of phenols is 1. The summed E-state index contributed by atoms with van der Waals surface area (Å²) in [5, 5.41) is 9.22. The standard InChI is InChI=1S/C7H8O5S.Na/c1-12-5-3-2-4-6(7(5)8)13(9,10)11;/h2-4,8H,1H3,(H,9,10,11);/q;+1/p-1. The second-order valence-electron chi connectivity index (χ2n) is 2.26. The summed E-state index contributed by atoms with van der Waals surface area (Å²) < 4.78 is 36.3. The van der Waals surface area contributed by atoms with E-state index in [1.54, 1.807) is 0 Å². The van der Waals surface area contributed by atoms with Gasteiger partial charge in [-0.15, -0.1) is 0 Å². The molecule has 0 radical (unpaired) electrons. The number of hydrogen-bond acceptors (Lipinski definition) is 5. The molecule has 0 saturated carbocycles. The van der Waals surface area contributed by atoms with Gasteiger partial charge in [0.25, 0.3) is 0 Å². The van der Waals surface area contributed by atoms with Gasteiger partial charge in [0.05, 0.1) is 12.0 Å². The first-order valence-electron chi connectivity index (χ1n) is 3.28. The summed E-state index contributed by atoms with van der Waals surface area (Å²) in [5.74, 6) is -0.697. The number of rotatable bonds is 2. The number of ether oxygens (including phenoxy) is 1. The van der Waals surface area contributed by atoms with Crippen molar-refractivity contribution in [3.05, 3.63) is 18.2 Å². The second-order valence-corrected chi connectivity index (χ2v) is 3.61. The third kappa shape index (κ3) is 2.86. The molecular formula is C7H7NaO5S. The van der Waals surface area contributed by atoms with Crippen molar-refractivity contribution in [2.24, 2.45) is 0 Å². The van der Waals surface area contributed by atoms with Crippen molar-refractivity contribution in [3.63, 3.8) is 0 Å². The van der Waals surface area contributed by atoms with E-state index in [-0.39, 0.29) is 35.3 Å². The van der Waals surface area contributed by atoms with Crippen LogP contribution >= 0.6 is 0 Å². The third-order valence-corrected chi connectivity index (χ3v) is 2.32. The molecule has 0 atom stereocenters. The topological polar surface area (TPSA) is 86.7 Å². The Balaban J connectivity index is 0.00000169. The van der Waals surface area contributed by atoms with E-state index in [9.17, 15) is 18.1 Å². The first-order valence-corrected chi connectivity index (χ1v) is 4.69. The number of para-hydroxylation sites is 1. The molecule has 0 fully saturated rings. The molecule has 5 nitrogen and oxygen atoms in total. The van der Waals surface area contributed by atoms with E-state index >= 15 is 0 Å². The van der Waals surface area contributed by atoms with Crippen LogP contribution in [0.3, 0.4) is 0 Å². The van der Waals surface area contributed by atoms with Crippen LogP contribution in [-0.2, 0) is 10.1 Å². The number of hydrogen-bond donors (Lipinski definition) is 1. The van der Waals surface area contributed by atoms with Crippen molar-refractivity contribution in [2.75, 3.05) is 7.11 Å². The van der Waals surface area contributed by atoms with Gasteiger partial charge < -0.3 is 14.4 Å². The average molecular weight is 226 g/mol. The zero-order valence-corrected chi connectivity index (χ0v) is 10.5. The van der Waals surface area contributed by atoms with Crippen molar-refractivity contribution in [1.82, 2.24) is 0 Å². The van der Waals surface area contributed by atoms with Crippen LogP contribution in [0.5, 0.6) is 11.5 Å². The van der Waals surface area contributed by atoms with E-state index in [0.29, 0.717) is 0 Å². The Morgan fingerprint density at radius 2 is 2.00 bits per heavy atom. The zero-order valence-electron chi connectivity index (χ0n) is 7.72. The Bertz CT molecular complexity index is 414. The van der Waals surface area contributed by atoms with Crippen LogP contribution in [0, 0.1) is 0 Å². The Morgan fingerprint density at radius 3 is 2.43 bits per heavy atom. The predicted octanol–water partition coefficient (Wildman–Crippen LogP) is -2.69. The molecule has 0 saturated heterocycles. The van der Waals surface area contributed by atoms with Gasteiger partial charge in [0.1, 0.15) is 10.1 Å². The number of methoxy groups -OCH3 is 1. The predicted molar refractivity (Wildman–Crippen MR) is 42.6 cm³/mol. The van der Waals surface area contributed by atoms with Crippen LogP contribution in [0.15, 0.2) is 23.1 Å². The Morgan fingerprint density at radius 1 is 1.43 bits per heavy atom. The van der Waals surface area contributed by atoms with Crippen LogP contribution in [0.4, 0.5) is 0 Å². The van der Waals surface area contributed by atoms with Crippen LogP contribution in [0.25, 0.3) is 0 Å².